The lowest BCUT2D eigenvalue weighted by Gasteiger charge is -2.07. The summed E-state index contributed by atoms with van der Waals surface area (Å²) >= 11 is 0. The SMILES string of the molecule is CC(C)CN=C1N/C(=C\c2ccc3c(c2)OCO3)C(=O)N1C. The molecule has 116 valence electrons. The first-order chi connectivity index (χ1) is 10.5. The van der Waals surface area contributed by atoms with E-state index in [0.717, 1.165) is 11.3 Å². The summed E-state index contributed by atoms with van der Waals surface area (Å²) in [4.78, 5) is 18.2. The van der Waals surface area contributed by atoms with E-state index in [1.54, 1.807) is 13.1 Å². The maximum absolute atomic E-state index is 12.3. The van der Waals surface area contributed by atoms with Crippen molar-refractivity contribution in [1.82, 2.24) is 10.2 Å². The van der Waals surface area contributed by atoms with Gasteiger partial charge in [-0.25, -0.2) is 0 Å². The Balaban J connectivity index is 1.82. The molecule has 1 aromatic rings. The highest BCUT2D eigenvalue weighted by atomic mass is 16.7. The van der Waals surface area contributed by atoms with Crippen LogP contribution in [0.1, 0.15) is 19.4 Å². The van der Waals surface area contributed by atoms with Gasteiger partial charge in [-0.05, 0) is 29.7 Å². The quantitative estimate of drug-likeness (QED) is 0.865. The van der Waals surface area contributed by atoms with Gasteiger partial charge in [-0.2, -0.15) is 0 Å². The second kappa shape index (κ2) is 5.71. The molecule has 2 aliphatic rings. The average molecular weight is 301 g/mol. The fraction of sp³-hybridized carbons (Fsp3) is 0.375. The molecule has 2 aliphatic heterocycles. The third kappa shape index (κ3) is 2.77. The second-order valence-corrected chi connectivity index (χ2v) is 5.72. The van der Waals surface area contributed by atoms with Gasteiger partial charge in [-0.15, -0.1) is 0 Å². The fourth-order valence-corrected chi connectivity index (χ4v) is 2.22. The van der Waals surface area contributed by atoms with Gasteiger partial charge in [0.25, 0.3) is 5.91 Å². The third-order valence-corrected chi connectivity index (χ3v) is 3.41. The van der Waals surface area contributed by atoms with Crippen LogP contribution in [0.2, 0.25) is 0 Å². The Morgan fingerprint density at radius 1 is 1.36 bits per heavy atom. The second-order valence-electron chi connectivity index (χ2n) is 5.72. The van der Waals surface area contributed by atoms with E-state index in [9.17, 15) is 4.79 Å². The summed E-state index contributed by atoms with van der Waals surface area (Å²) in [6.45, 7) is 5.09. The summed E-state index contributed by atoms with van der Waals surface area (Å²) in [5.74, 6) is 2.36. The maximum Gasteiger partial charge on any atom is 0.276 e. The third-order valence-electron chi connectivity index (χ3n) is 3.41. The van der Waals surface area contributed by atoms with Crippen molar-refractivity contribution < 1.29 is 14.3 Å². The van der Waals surface area contributed by atoms with E-state index in [-0.39, 0.29) is 12.7 Å². The van der Waals surface area contributed by atoms with Crippen molar-refractivity contribution in [2.45, 2.75) is 13.8 Å². The topological polar surface area (TPSA) is 63.2 Å². The molecule has 1 fully saturated rings. The van der Waals surface area contributed by atoms with Gasteiger partial charge in [-0.3, -0.25) is 14.7 Å². The smallest absolute Gasteiger partial charge is 0.276 e. The Bertz CT molecular complexity index is 665. The van der Waals surface area contributed by atoms with Crippen molar-refractivity contribution in [1.29, 1.82) is 0 Å². The Kier molecular flexibility index (Phi) is 3.75. The Hall–Kier alpha value is -2.50. The van der Waals surface area contributed by atoms with E-state index >= 15 is 0 Å². The van der Waals surface area contributed by atoms with E-state index in [2.05, 4.69) is 24.2 Å². The molecular formula is C16H19N3O3. The number of amides is 1. The molecule has 0 unspecified atom stereocenters. The Morgan fingerprint density at radius 3 is 2.91 bits per heavy atom. The van der Waals surface area contributed by atoms with Crippen LogP contribution in [0.5, 0.6) is 11.5 Å². The lowest BCUT2D eigenvalue weighted by atomic mass is 10.1. The zero-order chi connectivity index (χ0) is 15.7. The van der Waals surface area contributed by atoms with E-state index < -0.39 is 0 Å². The minimum absolute atomic E-state index is 0.0971. The van der Waals surface area contributed by atoms with Gasteiger partial charge in [0.05, 0.1) is 0 Å². The van der Waals surface area contributed by atoms with Crippen molar-refractivity contribution >= 4 is 17.9 Å². The lowest BCUT2D eigenvalue weighted by molar-refractivity contribution is -0.121. The molecule has 0 bridgehead atoms. The highest BCUT2D eigenvalue weighted by Gasteiger charge is 2.28. The molecule has 22 heavy (non-hydrogen) atoms. The molecule has 0 aliphatic carbocycles. The van der Waals surface area contributed by atoms with Crippen LogP contribution in [0, 0.1) is 5.92 Å². The predicted octanol–water partition coefficient (Wildman–Crippen LogP) is 1.83. The number of nitrogens with one attached hydrogen (secondary N) is 1. The van der Waals surface area contributed by atoms with E-state index in [0.29, 0.717) is 29.9 Å². The molecule has 1 N–H and O–H groups in total. The van der Waals surface area contributed by atoms with Gasteiger partial charge in [0.15, 0.2) is 11.5 Å². The number of nitrogens with zero attached hydrogens (tertiary/aromatic N) is 2. The van der Waals surface area contributed by atoms with Crippen molar-refractivity contribution in [2.24, 2.45) is 10.9 Å². The number of hydrogen-bond acceptors (Lipinski definition) is 4. The largest absolute Gasteiger partial charge is 0.454 e. The lowest BCUT2D eigenvalue weighted by Crippen LogP contribution is -2.28. The van der Waals surface area contributed by atoms with Crippen molar-refractivity contribution in [3.05, 3.63) is 29.5 Å². The van der Waals surface area contributed by atoms with Crippen molar-refractivity contribution in [3.63, 3.8) is 0 Å². The van der Waals surface area contributed by atoms with Crippen LogP contribution in [0.25, 0.3) is 6.08 Å². The highest BCUT2D eigenvalue weighted by Crippen LogP contribution is 2.33. The summed E-state index contributed by atoms with van der Waals surface area (Å²) in [6.07, 6.45) is 1.79. The number of carbonyl (C=O) groups is 1. The summed E-state index contributed by atoms with van der Waals surface area (Å²) in [5, 5.41) is 3.08. The van der Waals surface area contributed by atoms with Crippen LogP contribution in [0.15, 0.2) is 28.9 Å². The normalized spacial score (nSPS) is 20.4. The van der Waals surface area contributed by atoms with Crippen LogP contribution < -0.4 is 14.8 Å². The van der Waals surface area contributed by atoms with Crippen molar-refractivity contribution in [2.75, 3.05) is 20.4 Å². The number of benzene rings is 1. The standard InChI is InChI=1S/C16H19N3O3/c1-10(2)8-17-16-18-12(15(20)19(16)3)6-11-4-5-13-14(7-11)22-9-21-13/h4-7,10H,8-9H2,1-3H3,(H,17,18)/b12-6-. The van der Waals surface area contributed by atoms with Crippen LogP contribution >= 0.6 is 0 Å². The first-order valence-electron chi connectivity index (χ1n) is 7.25. The number of aliphatic imine (C=N–C) groups is 1. The zero-order valence-corrected chi connectivity index (χ0v) is 12.9. The van der Waals surface area contributed by atoms with Gasteiger partial charge in [-0.1, -0.05) is 19.9 Å². The molecule has 0 radical (unpaired) electrons. The minimum atomic E-state index is -0.0971. The first kappa shape index (κ1) is 14.4. The summed E-state index contributed by atoms with van der Waals surface area (Å²) in [7, 11) is 1.72. The van der Waals surface area contributed by atoms with Gasteiger partial charge in [0, 0.05) is 13.6 Å². The average Bonchev–Trinajstić information content (AvgIpc) is 3.05. The molecule has 6 heteroatoms. The van der Waals surface area contributed by atoms with Crippen LogP contribution in [0.3, 0.4) is 0 Å². The molecule has 2 heterocycles. The summed E-state index contributed by atoms with van der Waals surface area (Å²) in [5.41, 5.74) is 1.38. The summed E-state index contributed by atoms with van der Waals surface area (Å²) in [6, 6.07) is 5.58. The van der Waals surface area contributed by atoms with Gasteiger partial charge in [0.2, 0.25) is 12.8 Å². The predicted molar refractivity (Wildman–Crippen MR) is 83.6 cm³/mol. The summed E-state index contributed by atoms with van der Waals surface area (Å²) < 4.78 is 10.6. The number of likely N-dealkylation sites (N-methyl/N-ethyl adjacent to an activating group) is 1. The van der Waals surface area contributed by atoms with E-state index in [1.807, 2.05) is 18.2 Å². The number of rotatable bonds is 3. The Morgan fingerprint density at radius 2 is 2.14 bits per heavy atom. The van der Waals surface area contributed by atoms with Crippen LogP contribution in [-0.4, -0.2) is 37.2 Å². The number of fused-ring (bicyclic) bond motifs is 1. The molecule has 0 saturated carbocycles. The number of guanidine groups is 1. The molecule has 0 atom stereocenters. The molecule has 1 saturated heterocycles. The molecule has 1 aromatic carbocycles. The van der Waals surface area contributed by atoms with E-state index in [1.165, 1.54) is 4.90 Å². The molecule has 6 nitrogen and oxygen atoms in total. The van der Waals surface area contributed by atoms with Crippen LogP contribution in [0.4, 0.5) is 0 Å². The Labute approximate surface area is 129 Å². The van der Waals surface area contributed by atoms with E-state index in [4.69, 9.17) is 9.47 Å². The molecule has 0 aromatic heterocycles. The zero-order valence-electron chi connectivity index (χ0n) is 12.9. The number of ether oxygens (including phenoxy) is 2. The maximum atomic E-state index is 12.3. The number of hydrogen-bond donors (Lipinski definition) is 1. The molecule has 0 spiro atoms. The number of carbonyl (C=O) groups excluding carboxylic acids is 1. The molecule has 3 rings (SSSR count). The van der Waals surface area contributed by atoms with Gasteiger partial charge < -0.3 is 14.8 Å². The van der Waals surface area contributed by atoms with Gasteiger partial charge in [0.1, 0.15) is 5.70 Å². The van der Waals surface area contributed by atoms with Crippen molar-refractivity contribution in [3.8, 4) is 11.5 Å². The van der Waals surface area contributed by atoms with Gasteiger partial charge >= 0.3 is 0 Å². The van der Waals surface area contributed by atoms with Crippen LogP contribution in [-0.2, 0) is 4.79 Å². The first-order valence-corrected chi connectivity index (χ1v) is 7.25. The fourth-order valence-electron chi connectivity index (χ4n) is 2.22. The molecule has 1 amide bonds. The minimum Gasteiger partial charge on any atom is -0.454 e. The monoisotopic (exact) mass is 301 g/mol. The highest BCUT2D eigenvalue weighted by molar-refractivity contribution is 6.15. The molecular weight excluding hydrogens is 282 g/mol.